The van der Waals surface area contributed by atoms with E-state index in [9.17, 15) is 13.2 Å². The van der Waals surface area contributed by atoms with Gasteiger partial charge in [-0.2, -0.15) is 18.3 Å². The zero-order valence-electron chi connectivity index (χ0n) is 10.5. The first-order valence-corrected chi connectivity index (χ1v) is 5.86. The van der Waals surface area contributed by atoms with Gasteiger partial charge >= 0.3 is 6.18 Å². The lowest BCUT2D eigenvalue weighted by Gasteiger charge is -2.03. The minimum Gasteiger partial charge on any atom is -0.320 e. The molecule has 0 unspecified atom stereocenters. The number of benzene rings is 1. The molecule has 1 aromatic heterocycles. The number of aromatic nitrogens is 2. The van der Waals surface area contributed by atoms with Gasteiger partial charge in [-0.25, -0.2) is 0 Å². The van der Waals surface area contributed by atoms with Crippen molar-refractivity contribution in [3.05, 3.63) is 53.3 Å². The topological polar surface area (TPSA) is 43.8 Å². The van der Waals surface area contributed by atoms with Crippen LogP contribution < -0.4 is 5.73 Å². The van der Waals surface area contributed by atoms with Crippen molar-refractivity contribution in [2.45, 2.75) is 12.7 Å². The molecule has 3 nitrogen and oxygen atoms in total. The lowest BCUT2D eigenvalue weighted by atomic mass is 10.1. The van der Waals surface area contributed by atoms with Crippen molar-refractivity contribution >= 4 is 0 Å². The van der Waals surface area contributed by atoms with Crippen molar-refractivity contribution in [1.82, 2.24) is 9.78 Å². The Kier molecular flexibility index (Phi) is 4.11. The van der Waals surface area contributed by atoms with Gasteiger partial charge < -0.3 is 5.73 Å². The Morgan fingerprint density at radius 2 is 1.90 bits per heavy atom. The number of alkyl halides is 3. The van der Waals surface area contributed by atoms with Gasteiger partial charge in [0.15, 0.2) is 0 Å². The van der Waals surface area contributed by atoms with Crippen LogP contribution in [-0.2, 0) is 12.7 Å². The first kappa shape index (κ1) is 14.2. The minimum absolute atomic E-state index is 0.278. The Morgan fingerprint density at radius 1 is 1.20 bits per heavy atom. The smallest absolute Gasteiger partial charge is 0.320 e. The van der Waals surface area contributed by atoms with E-state index in [1.54, 1.807) is 24.3 Å². The van der Waals surface area contributed by atoms with E-state index in [1.807, 2.05) is 0 Å². The average molecular weight is 279 g/mol. The van der Waals surface area contributed by atoms with Crippen molar-refractivity contribution in [2.75, 3.05) is 6.54 Å². The van der Waals surface area contributed by atoms with Gasteiger partial charge in [0.2, 0.25) is 0 Å². The van der Waals surface area contributed by atoms with E-state index in [0.29, 0.717) is 0 Å². The summed E-state index contributed by atoms with van der Waals surface area (Å²) in [5.74, 6) is 5.60. The molecule has 0 saturated heterocycles. The lowest BCUT2D eigenvalue weighted by Crippen LogP contribution is -2.04. The molecule has 0 aliphatic heterocycles. The molecule has 0 spiro atoms. The van der Waals surface area contributed by atoms with Crippen LogP contribution in [0.2, 0.25) is 0 Å². The first-order chi connectivity index (χ1) is 9.49. The SMILES string of the molecule is NCC#Cc1ccc(Cn2cc(C(F)(F)F)cn2)cc1. The molecule has 1 heterocycles. The standard InChI is InChI=1S/C14H12F3N3/c15-14(16,17)13-8-19-20(10-13)9-12-5-3-11(4-6-12)2-1-7-18/h3-6,8,10H,7,9,18H2. The Labute approximate surface area is 114 Å². The maximum atomic E-state index is 12.4. The molecule has 2 rings (SSSR count). The van der Waals surface area contributed by atoms with Gasteiger partial charge in [-0.05, 0) is 17.7 Å². The Balaban J connectivity index is 2.08. The summed E-state index contributed by atoms with van der Waals surface area (Å²) in [7, 11) is 0. The summed E-state index contributed by atoms with van der Waals surface area (Å²) >= 11 is 0. The molecule has 20 heavy (non-hydrogen) atoms. The highest BCUT2D eigenvalue weighted by Crippen LogP contribution is 2.28. The largest absolute Gasteiger partial charge is 0.419 e. The number of halogens is 3. The van der Waals surface area contributed by atoms with E-state index in [2.05, 4.69) is 16.9 Å². The molecule has 2 N–H and O–H groups in total. The summed E-state index contributed by atoms with van der Waals surface area (Å²) in [5.41, 5.74) is 6.18. The lowest BCUT2D eigenvalue weighted by molar-refractivity contribution is -0.137. The summed E-state index contributed by atoms with van der Waals surface area (Å²) in [6, 6.07) is 7.20. The monoisotopic (exact) mass is 279 g/mol. The molecule has 0 bridgehead atoms. The minimum atomic E-state index is -4.36. The molecular weight excluding hydrogens is 267 g/mol. The zero-order chi connectivity index (χ0) is 14.6. The maximum Gasteiger partial charge on any atom is 0.419 e. The van der Waals surface area contributed by atoms with Crippen LogP contribution in [0.3, 0.4) is 0 Å². The van der Waals surface area contributed by atoms with E-state index >= 15 is 0 Å². The molecular formula is C14H12F3N3. The van der Waals surface area contributed by atoms with Crippen molar-refractivity contribution < 1.29 is 13.2 Å². The molecule has 2 aromatic rings. The number of hydrogen-bond donors (Lipinski definition) is 1. The highest BCUT2D eigenvalue weighted by atomic mass is 19.4. The van der Waals surface area contributed by atoms with Crippen molar-refractivity contribution in [3.8, 4) is 11.8 Å². The fraction of sp³-hybridized carbons (Fsp3) is 0.214. The van der Waals surface area contributed by atoms with Crippen LogP contribution in [-0.4, -0.2) is 16.3 Å². The van der Waals surface area contributed by atoms with E-state index in [1.165, 1.54) is 4.68 Å². The molecule has 0 aliphatic carbocycles. The number of nitrogens with zero attached hydrogens (tertiary/aromatic N) is 2. The van der Waals surface area contributed by atoms with Gasteiger partial charge in [-0.3, -0.25) is 4.68 Å². The summed E-state index contributed by atoms with van der Waals surface area (Å²) in [4.78, 5) is 0. The molecule has 0 saturated carbocycles. The number of rotatable bonds is 2. The second-order valence-electron chi connectivity index (χ2n) is 4.13. The summed E-state index contributed by atoms with van der Waals surface area (Å²) in [6.07, 6.45) is -2.55. The van der Waals surface area contributed by atoms with Crippen molar-refractivity contribution in [2.24, 2.45) is 5.73 Å². The second-order valence-corrected chi connectivity index (χ2v) is 4.13. The Bertz CT molecular complexity index is 630. The van der Waals surface area contributed by atoms with Crippen LogP contribution in [0.15, 0.2) is 36.7 Å². The quantitative estimate of drug-likeness (QED) is 0.857. The van der Waals surface area contributed by atoms with E-state index in [-0.39, 0.29) is 13.1 Å². The van der Waals surface area contributed by atoms with E-state index in [0.717, 1.165) is 23.5 Å². The van der Waals surface area contributed by atoms with Crippen LogP contribution in [0.4, 0.5) is 13.2 Å². The number of nitrogens with two attached hydrogens (primary N) is 1. The van der Waals surface area contributed by atoms with Crippen LogP contribution in [0.5, 0.6) is 0 Å². The average Bonchev–Trinajstić information content (AvgIpc) is 2.86. The van der Waals surface area contributed by atoms with Gasteiger partial charge in [0.25, 0.3) is 0 Å². The molecule has 0 aliphatic rings. The Morgan fingerprint density at radius 3 is 2.45 bits per heavy atom. The molecule has 1 aromatic carbocycles. The highest BCUT2D eigenvalue weighted by Gasteiger charge is 2.32. The molecule has 0 atom stereocenters. The third kappa shape index (κ3) is 3.62. The zero-order valence-corrected chi connectivity index (χ0v) is 10.5. The van der Waals surface area contributed by atoms with Gasteiger partial charge in [-0.15, -0.1) is 0 Å². The molecule has 0 amide bonds. The molecule has 6 heteroatoms. The molecule has 0 radical (unpaired) electrons. The summed E-state index contributed by atoms with van der Waals surface area (Å²) in [5, 5.41) is 3.70. The van der Waals surface area contributed by atoms with Gasteiger partial charge in [0.05, 0.1) is 24.8 Å². The summed E-state index contributed by atoms with van der Waals surface area (Å²) in [6.45, 7) is 0.565. The first-order valence-electron chi connectivity index (χ1n) is 5.86. The number of hydrogen-bond acceptors (Lipinski definition) is 2. The fourth-order valence-electron chi connectivity index (χ4n) is 1.63. The van der Waals surface area contributed by atoms with Crippen molar-refractivity contribution in [1.29, 1.82) is 0 Å². The van der Waals surface area contributed by atoms with Crippen LogP contribution >= 0.6 is 0 Å². The third-order valence-electron chi connectivity index (χ3n) is 2.59. The predicted octanol–water partition coefficient (Wildman–Crippen LogP) is 2.26. The second kappa shape index (κ2) is 5.80. The van der Waals surface area contributed by atoms with E-state index in [4.69, 9.17) is 5.73 Å². The molecule has 104 valence electrons. The Hall–Kier alpha value is -2.26. The maximum absolute atomic E-state index is 12.4. The van der Waals surface area contributed by atoms with Gasteiger partial charge in [-0.1, -0.05) is 24.0 Å². The van der Waals surface area contributed by atoms with Crippen LogP contribution in [0, 0.1) is 11.8 Å². The van der Waals surface area contributed by atoms with E-state index < -0.39 is 11.7 Å². The normalized spacial score (nSPS) is 11.0. The predicted molar refractivity (Wildman–Crippen MR) is 68.7 cm³/mol. The van der Waals surface area contributed by atoms with Crippen molar-refractivity contribution in [3.63, 3.8) is 0 Å². The van der Waals surface area contributed by atoms with Gasteiger partial charge in [0.1, 0.15) is 0 Å². The van der Waals surface area contributed by atoms with Crippen LogP contribution in [0.25, 0.3) is 0 Å². The third-order valence-corrected chi connectivity index (χ3v) is 2.59. The highest BCUT2D eigenvalue weighted by molar-refractivity contribution is 5.36. The summed E-state index contributed by atoms with van der Waals surface area (Å²) < 4.78 is 38.6. The fourth-order valence-corrected chi connectivity index (χ4v) is 1.63. The molecule has 0 fully saturated rings. The van der Waals surface area contributed by atoms with Gasteiger partial charge in [0, 0.05) is 11.8 Å². The van der Waals surface area contributed by atoms with Crippen LogP contribution in [0.1, 0.15) is 16.7 Å².